The van der Waals surface area contributed by atoms with Crippen molar-refractivity contribution >= 4 is 0 Å². The van der Waals surface area contributed by atoms with E-state index in [9.17, 15) is 0 Å². The van der Waals surface area contributed by atoms with Crippen molar-refractivity contribution in [1.82, 2.24) is 0 Å². The summed E-state index contributed by atoms with van der Waals surface area (Å²) in [6, 6.07) is 0. The van der Waals surface area contributed by atoms with Crippen LogP contribution in [0.15, 0.2) is 0 Å². The van der Waals surface area contributed by atoms with E-state index in [0.29, 0.717) is 16.2 Å². The van der Waals surface area contributed by atoms with E-state index in [0.717, 1.165) is 17.8 Å². The van der Waals surface area contributed by atoms with E-state index in [1.165, 1.54) is 12.8 Å². The molecule has 0 bridgehead atoms. The molecule has 2 aliphatic rings. The largest absolute Gasteiger partial charge is 0.0625 e. The molecule has 0 heteroatoms. The molecule has 0 aliphatic heterocycles. The quantitative estimate of drug-likeness (QED) is 0.539. The van der Waals surface area contributed by atoms with Gasteiger partial charge in [-0.05, 0) is 46.8 Å². The Hall–Kier alpha value is 0. The summed E-state index contributed by atoms with van der Waals surface area (Å²) >= 11 is 0. The number of hydrogen-bond donors (Lipinski definition) is 0. The van der Waals surface area contributed by atoms with Crippen molar-refractivity contribution in [3.8, 4) is 0 Å². The Kier molecular flexibility index (Phi) is 2.15. The Labute approximate surface area is 95.8 Å². The van der Waals surface area contributed by atoms with E-state index in [2.05, 4.69) is 48.5 Å². The van der Waals surface area contributed by atoms with Gasteiger partial charge in [-0.1, -0.05) is 48.5 Å². The summed E-state index contributed by atoms with van der Waals surface area (Å²) in [5.41, 5.74) is 1.48. The summed E-state index contributed by atoms with van der Waals surface area (Å²) < 4.78 is 0. The molecule has 0 aromatic rings. The van der Waals surface area contributed by atoms with Crippen LogP contribution < -0.4 is 0 Å². The van der Waals surface area contributed by atoms with Crippen LogP contribution in [0.25, 0.3) is 0 Å². The van der Waals surface area contributed by atoms with Crippen molar-refractivity contribution in [3.63, 3.8) is 0 Å². The molecule has 0 amide bonds. The summed E-state index contributed by atoms with van der Waals surface area (Å²) in [5, 5.41) is 0. The van der Waals surface area contributed by atoms with Gasteiger partial charge in [-0.3, -0.25) is 0 Å². The van der Waals surface area contributed by atoms with Crippen molar-refractivity contribution in [2.45, 2.75) is 61.3 Å². The molecular formula is C15H28. The van der Waals surface area contributed by atoms with Crippen LogP contribution in [0.5, 0.6) is 0 Å². The maximum absolute atomic E-state index is 2.51. The zero-order valence-corrected chi connectivity index (χ0v) is 11.6. The van der Waals surface area contributed by atoms with Gasteiger partial charge in [-0.15, -0.1) is 0 Å². The predicted octanol–water partition coefficient (Wildman–Crippen LogP) is 4.74. The molecule has 2 aliphatic carbocycles. The highest BCUT2D eigenvalue weighted by Crippen LogP contribution is 2.72. The Morgan fingerprint density at radius 1 is 0.733 bits per heavy atom. The molecule has 2 saturated carbocycles. The first-order valence-corrected chi connectivity index (χ1v) is 6.62. The van der Waals surface area contributed by atoms with Gasteiger partial charge in [0.15, 0.2) is 0 Å². The van der Waals surface area contributed by atoms with Gasteiger partial charge in [-0.25, -0.2) is 0 Å². The summed E-state index contributed by atoms with van der Waals surface area (Å²) in [6.07, 6.45) is 2.93. The molecule has 0 aromatic carbocycles. The molecule has 0 saturated heterocycles. The van der Waals surface area contributed by atoms with Crippen LogP contribution in [0.2, 0.25) is 0 Å². The minimum Gasteiger partial charge on any atom is -0.0625 e. The normalized spacial score (nSPS) is 45.4. The van der Waals surface area contributed by atoms with Gasteiger partial charge < -0.3 is 0 Å². The van der Waals surface area contributed by atoms with E-state index in [-0.39, 0.29) is 0 Å². The first-order valence-electron chi connectivity index (χ1n) is 6.62. The molecule has 2 unspecified atom stereocenters. The average molecular weight is 208 g/mol. The molecule has 2 fully saturated rings. The van der Waals surface area contributed by atoms with Crippen LogP contribution in [-0.2, 0) is 0 Å². The predicted molar refractivity (Wildman–Crippen MR) is 66.7 cm³/mol. The fourth-order valence-electron chi connectivity index (χ4n) is 4.64. The van der Waals surface area contributed by atoms with Gasteiger partial charge in [-0.2, -0.15) is 0 Å². The van der Waals surface area contributed by atoms with Gasteiger partial charge >= 0.3 is 0 Å². The molecule has 0 heterocycles. The Bertz CT molecular complexity index is 244. The first-order chi connectivity index (χ1) is 6.62. The van der Waals surface area contributed by atoms with Crippen molar-refractivity contribution in [3.05, 3.63) is 0 Å². The summed E-state index contributed by atoms with van der Waals surface area (Å²) in [7, 11) is 0. The first kappa shape index (κ1) is 11.5. The molecule has 0 N–H and O–H groups in total. The molecule has 0 aromatic heterocycles. The minimum atomic E-state index is 0.468. The zero-order valence-electron chi connectivity index (χ0n) is 11.6. The fraction of sp³-hybridized carbons (Fsp3) is 1.00. The highest BCUT2D eigenvalue weighted by atomic mass is 14.7. The van der Waals surface area contributed by atoms with Crippen LogP contribution in [0.3, 0.4) is 0 Å². The molecule has 15 heavy (non-hydrogen) atoms. The van der Waals surface area contributed by atoms with Crippen molar-refractivity contribution in [2.24, 2.45) is 34.0 Å². The molecule has 0 radical (unpaired) electrons. The average Bonchev–Trinajstić information content (AvgIpc) is 2.50. The van der Waals surface area contributed by atoms with E-state index < -0.39 is 0 Å². The van der Waals surface area contributed by atoms with Crippen LogP contribution in [0.1, 0.15) is 61.3 Å². The molecular weight excluding hydrogens is 180 g/mol. The highest BCUT2D eigenvalue weighted by Gasteiger charge is 2.65. The molecule has 0 nitrogen and oxygen atoms in total. The van der Waals surface area contributed by atoms with Crippen molar-refractivity contribution in [2.75, 3.05) is 0 Å². The lowest BCUT2D eigenvalue weighted by molar-refractivity contribution is 0.0209. The zero-order chi connectivity index (χ0) is 11.6. The second kappa shape index (κ2) is 2.81. The fourth-order valence-corrected chi connectivity index (χ4v) is 4.64. The molecule has 2 rings (SSSR count). The Balaban J connectivity index is 2.45. The second-order valence-corrected chi connectivity index (χ2v) is 7.86. The lowest BCUT2D eigenvalue weighted by Crippen LogP contribution is -2.39. The maximum Gasteiger partial charge on any atom is -0.0246 e. The van der Waals surface area contributed by atoms with Gasteiger partial charge in [0, 0.05) is 0 Å². The van der Waals surface area contributed by atoms with E-state index in [1.54, 1.807) is 0 Å². The molecule has 2 atom stereocenters. The minimum absolute atomic E-state index is 0.468. The molecule has 0 spiro atoms. The smallest absolute Gasteiger partial charge is 0.0246 e. The summed E-state index contributed by atoms with van der Waals surface area (Å²) in [4.78, 5) is 0. The van der Waals surface area contributed by atoms with E-state index >= 15 is 0 Å². The van der Waals surface area contributed by atoms with E-state index in [4.69, 9.17) is 0 Å². The third-order valence-corrected chi connectivity index (χ3v) is 6.87. The van der Waals surface area contributed by atoms with Gasteiger partial charge in [0.05, 0.1) is 0 Å². The lowest BCUT2D eigenvalue weighted by Gasteiger charge is -2.46. The van der Waals surface area contributed by atoms with Gasteiger partial charge in [0.25, 0.3) is 0 Å². The number of hydrogen-bond acceptors (Lipinski definition) is 0. The van der Waals surface area contributed by atoms with Crippen LogP contribution >= 0.6 is 0 Å². The standard InChI is InChI=1S/C15H28/c1-10-8-11-12(9-10)14(4,5)15(6,7)13(11,2)3/h10-12H,8-9H2,1-7H3. The molecule has 88 valence electrons. The van der Waals surface area contributed by atoms with Crippen LogP contribution in [0, 0.1) is 34.0 Å². The summed E-state index contributed by atoms with van der Waals surface area (Å²) in [6.45, 7) is 17.5. The van der Waals surface area contributed by atoms with Gasteiger partial charge in [0.1, 0.15) is 0 Å². The third-order valence-electron chi connectivity index (χ3n) is 6.87. The van der Waals surface area contributed by atoms with Crippen molar-refractivity contribution in [1.29, 1.82) is 0 Å². The van der Waals surface area contributed by atoms with Crippen LogP contribution in [-0.4, -0.2) is 0 Å². The van der Waals surface area contributed by atoms with E-state index in [1.807, 2.05) is 0 Å². The second-order valence-electron chi connectivity index (χ2n) is 7.86. The topological polar surface area (TPSA) is 0 Å². The number of rotatable bonds is 0. The maximum atomic E-state index is 2.51. The highest BCUT2D eigenvalue weighted by molar-refractivity contribution is 5.13. The Morgan fingerprint density at radius 3 is 1.40 bits per heavy atom. The SMILES string of the molecule is CC1CC2C(C1)C(C)(C)C(C)(C)C2(C)C. The monoisotopic (exact) mass is 208 g/mol. The summed E-state index contributed by atoms with van der Waals surface area (Å²) in [5.74, 6) is 2.87. The van der Waals surface area contributed by atoms with Crippen LogP contribution in [0.4, 0.5) is 0 Å². The number of fused-ring (bicyclic) bond motifs is 1. The lowest BCUT2D eigenvalue weighted by atomic mass is 9.58. The third kappa shape index (κ3) is 1.14. The van der Waals surface area contributed by atoms with Crippen molar-refractivity contribution < 1.29 is 0 Å². The Morgan fingerprint density at radius 2 is 1.07 bits per heavy atom. The van der Waals surface area contributed by atoms with Gasteiger partial charge in [0.2, 0.25) is 0 Å².